The molecule has 5 unspecified atom stereocenters. The predicted molar refractivity (Wildman–Crippen MR) is 66.2 cm³/mol. The van der Waals surface area contributed by atoms with Gasteiger partial charge in [0.15, 0.2) is 0 Å². The molecule has 3 aliphatic rings. The Balaban J connectivity index is 1.84. The van der Waals surface area contributed by atoms with Crippen LogP contribution >= 0.6 is 0 Å². The van der Waals surface area contributed by atoms with Gasteiger partial charge in [-0.05, 0) is 56.3 Å². The van der Waals surface area contributed by atoms with E-state index in [4.69, 9.17) is 4.74 Å². The molecular weight excluding hydrogens is 196 g/mol. The van der Waals surface area contributed by atoms with Gasteiger partial charge in [0.1, 0.15) is 0 Å². The van der Waals surface area contributed by atoms with Crippen molar-refractivity contribution in [3.8, 4) is 0 Å². The molecule has 0 N–H and O–H groups in total. The SMILES string of the molecule is C=C1CCC(C(C)C)CC2C1CC1OC12C. The molecule has 0 amide bonds. The molecule has 3 fully saturated rings. The molecule has 1 aliphatic heterocycles. The summed E-state index contributed by atoms with van der Waals surface area (Å²) < 4.78 is 5.90. The Morgan fingerprint density at radius 1 is 1.38 bits per heavy atom. The molecule has 16 heavy (non-hydrogen) atoms. The lowest BCUT2D eigenvalue weighted by molar-refractivity contribution is 0.138. The summed E-state index contributed by atoms with van der Waals surface area (Å²) in [6.45, 7) is 11.4. The largest absolute Gasteiger partial charge is 0.366 e. The first kappa shape index (κ1) is 10.8. The van der Waals surface area contributed by atoms with Gasteiger partial charge in [0.05, 0.1) is 11.7 Å². The van der Waals surface area contributed by atoms with Gasteiger partial charge in [0, 0.05) is 0 Å². The Morgan fingerprint density at radius 2 is 2.12 bits per heavy atom. The molecule has 2 aliphatic carbocycles. The Kier molecular flexibility index (Phi) is 2.27. The predicted octanol–water partition coefficient (Wildman–Crippen LogP) is 3.79. The first-order valence-corrected chi connectivity index (χ1v) is 6.88. The summed E-state index contributed by atoms with van der Waals surface area (Å²) in [7, 11) is 0. The Labute approximate surface area is 99.3 Å². The van der Waals surface area contributed by atoms with E-state index in [9.17, 15) is 0 Å². The van der Waals surface area contributed by atoms with Gasteiger partial charge in [-0.15, -0.1) is 0 Å². The van der Waals surface area contributed by atoms with Crippen LogP contribution in [0.25, 0.3) is 0 Å². The van der Waals surface area contributed by atoms with E-state index >= 15 is 0 Å². The highest BCUT2D eigenvalue weighted by Crippen LogP contribution is 2.61. The van der Waals surface area contributed by atoms with Gasteiger partial charge in [-0.25, -0.2) is 0 Å². The lowest BCUT2D eigenvalue weighted by Crippen LogP contribution is -2.26. The summed E-state index contributed by atoms with van der Waals surface area (Å²) in [5.41, 5.74) is 1.75. The van der Waals surface area contributed by atoms with E-state index < -0.39 is 0 Å². The van der Waals surface area contributed by atoms with Crippen molar-refractivity contribution in [2.45, 2.75) is 58.2 Å². The van der Waals surface area contributed by atoms with Crippen LogP contribution in [0.1, 0.15) is 46.5 Å². The van der Waals surface area contributed by atoms with Gasteiger partial charge < -0.3 is 4.74 Å². The van der Waals surface area contributed by atoms with Crippen molar-refractivity contribution in [2.24, 2.45) is 23.7 Å². The van der Waals surface area contributed by atoms with Crippen LogP contribution in [-0.2, 0) is 4.74 Å². The lowest BCUT2D eigenvalue weighted by atomic mass is 9.79. The minimum atomic E-state index is 0.227. The summed E-state index contributed by atoms with van der Waals surface area (Å²) in [6, 6.07) is 0. The van der Waals surface area contributed by atoms with Crippen molar-refractivity contribution in [2.75, 3.05) is 0 Å². The van der Waals surface area contributed by atoms with Gasteiger partial charge >= 0.3 is 0 Å². The molecule has 0 radical (unpaired) electrons. The van der Waals surface area contributed by atoms with Crippen molar-refractivity contribution < 1.29 is 4.74 Å². The molecule has 0 spiro atoms. The highest BCUT2D eigenvalue weighted by Gasteiger charge is 2.66. The number of allylic oxidation sites excluding steroid dienone is 1. The first-order chi connectivity index (χ1) is 7.52. The number of fused-ring (bicyclic) bond motifs is 3. The van der Waals surface area contributed by atoms with E-state index in [2.05, 4.69) is 27.4 Å². The van der Waals surface area contributed by atoms with Crippen LogP contribution in [0.2, 0.25) is 0 Å². The molecule has 1 nitrogen and oxygen atoms in total. The van der Waals surface area contributed by atoms with Gasteiger partial charge in [0.2, 0.25) is 0 Å². The van der Waals surface area contributed by atoms with E-state index in [0.717, 1.165) is 23.7 Å². The summed E-state index contributed by atoms with van der Waals surface area (Å²) in [5.74, 6) is 3.23. The smallest absolute Gasteiger partial charge is 0.0954 e. The van der Waals surface area contributed by atoms with Gasteiger partial charge in [-0.3, -0.25) is 0 Å². The van der Waals surface area contributed by atoms with E-state index in [-0.39, 0.29) is 5.60 Å². The minimum Gasteiger partial charge on any atom is -0.366 e. The van der Waals surface area contributed by atoms with E-state index in [1.807, 2.05) is 0 Å². The van der Waals surface area contributed by atoms with Crippen molar-refractivity contribution in [1.29, 1.82) is 0 Å². The average molecular weight is 220 g/mol. The monoisotopic (exact) mass is 220 g/mol. The standard InChI is InChI=1S/C15H24O/c1-9(2)11-6-5-10(3)12-8-14-15(4,16-14)13(12)7-11/h9,11-14H,3,5-8H2,1-2,4H3. The third kappa shape index (κ3) is 1.40. The average Bonchev–Trinajstić information content (AvgIpc) is 2.83. The highest BCUT2D eigenvalue weighted by atomic mass is 16.6. The van der Waals surface area contributed by atoms with E-state index in [0.29, 0.717) is 6.10 Å². The molecule has 0 bridgehead atoms. The fourth-order valence-corrected chi connectivity index (χ4v) is 4.13. The molecule has 3 rings (SSSR count). The molecule has 0 aromatic heterocycles. The van der Waals surface area contributed by atoms with Crippen molar-refractivity contribution in [3.05, 3.63) is 12.2 Å². The summed E-state index contributed by atoms with van der Waals surface area (Å²) in [5, 5.41) is 0. The number of epoxide rings is 1. The highest BCUT2D eigenvalue weighted by molar-refractivity contribution is 5.21. The molecule has 1 heteroatoms. The number of rotatable bonds is 1. The lowest BCUT2D eigenvalue weighted by Gasteiger charge is -2.27. The molecular formula is C15H24O. The van der Waals surface area contributed by atoms with Crippen LogP contribution in [0.5, 0.6) is 0 Å². The van der Waals surface area contributed by atoms with Crippen LogP contribution in [0.15, 0.2) is 12.2 Å². The van der Waals surface area contributed by atoms with Crippen LogP contribution in [0.4, 0.5) is 0 Å². The summed E-state index contributed by atoms with van der Waals surface area (Å²) in [4.78, 5) is 0. The van der Waals surface area contributed by atoms with Gasteiger partial charge in [-0.2, -0.15) is 0 Å². The van der Waals surface area contributed by atoms with Crippen LogP contribution in [0.3, 0.4) is 0 Å². The Bertz CT molecular complexity index is 319. The second-order valence-corrected chi connectivity index (χ2v) is 6.68. The molecule has 2 saturated carbocycles. The zero-order chi connectivity index (χ0) is 11.5. The van der Waals surface area contributed by atoms with Crippen LogP contribution in [-0.4, -0.2) is 11.7 Å². The summed E-state index contributed by atoms with van der Waals surface area (Å²) >= 11 is 0. The first-order valence-electron chi connectivity index (χ1n) is 6.88. The van der Waals surface area contributed by atoms with Gasteiger partial charge in [-0.1, -0.05) is 26.0 Å². The zero-order valence-corrected chi connectivity index (χ0v) is 10.8. The normalized spacial score (nSPS) is 51.1. The molecule has 90 valence electrons. The second-order valence-electron chi connectivity index (χ2n) is 6.68. The van der Waals surface area contributed by atoms with Gasteiger partial charge in [0.25, 0.3) is 0 Å². The maximum absolute atomic E-state index is 5.90. The minimum absolute atomic E-state index is 0.227. The summed E-state index contributed by atoms with van der Waals surface area (Å²) in [6.07, 6.45) is 5.79. The molecule has 1 heterocycles. The number of hydrogen-bond donors (Lipinski definition) is 0. The van der Waals surface area contributed by atoms with E-state index in [1.54, 1.807) is 0 Å². The maximum Gasteiger partial charge on any atom is 0.0954 e. The number of ether oxygens (including phenoxy) is 1. The van der Waals surface area contributed by atoms with Crippen molar-refractivity contribution in [1.82, 2.24) is 0 Å². The fourth-order valence-electron chi connectivity index (χ4n) is 4.13. The second kappa shape index (κ2) is 3.35. The topological polar surface area (TPSA) is 12.5 Å². The third-order valence-corrected chi connectivity index (χ3v) is 5.53. The Morgan fingerprint density at radius 3 is 2.81 bits per heavy atom. The fraction of sp³-hybridized carbons (Fsp3) is 0.867. The number of hydrogen-bond acceptors (Lipinski definition) is 1. The molecule has 1 saturated heterocycles. The third-order valence-electron chi connectivity index (χ3n) is 5.53. The molecule has 0 aromatic carbocycles. The maximum atomic E-state index is 5.90. The van der Waals surface area contributed by atoms with Crippen molar-refractivity contribution >= 4 is 0 Å². The quantitative estimate of drug-likeness (QED) is 0.484. The van der Waals surface area contributed by atoms with Crippen LogP contribution in [0, 0.1) is 23.7 Å². The van der Waals surface area contributed by atoms with Crippen LogP contribution < -0.4 is 0 Å². The molecule has 5 atom stereocenters. The van der Waals surface area contributed by atoms with Crippen molar-refractivity contribution in [3.63, 3.8) is 0 Å². The molecule has 0 aromatic rings. The zero-order valence-electron chi connectivity index (χ0n) is 10.8. The van der Waals surface area contributed by atoms with E-state index in [1.165, 1.54) is 31.3 Å². The Hall–Kier alpha value is -0.300.